The summed E-state index contributed by atoms with van der Waals surface area (Å²) in [4.78, 5) is 23.6. The van der Waals surface area contributed by atoms with Gasteiger partial charge in [0.2, 0.25) is 0 Å². The lowest BCUT2D eigenvalue weighted by atomic mass is 10.2. The van der Waals surface area contributed by atoms with Gasteiger partial charge in [0, 0.05) is 12.1 Å². The van der Waals surface area contributed by atoms with Crippen molar-refractivity contribution in [2.75, 3.05) is 13.1 Å². The minimum absolute atomic E-state index is 0.0417. The van der Waals surface area contributed by atoms with E-state index in [0.717, 1.165) is 11.0 Å². The van der Waals surface area contributed by atoms with E-state index in [0.29, 0.717) is 0 Å². The van der Waals surface area contributed by atoms with Crippen LogP contribution in [0.4, 0.5) is 4.39 Å². The Hall–Kier alpha value is -1.88. The van der Waals surface area contributed by atoms with Crippen LogP contribution >= 0.6 is 11.6 Å². The molecule has 0 radical (unpaired) electrons. The van der Waals surface area contributed by atoms with Gasteiger partial charge in [-0.15, -0.1) is 6.58 Å². The van der Waals surface area contributed by atoms with Crippen molar-refractivity contribution in [2.24, 2.45) is 0 Å². The van der Waals surface area contributed by atoms with Gasteiger partial charge in [-0.1, -0.05) is 17.7 Å². The first-order valence-electron chi connectivity index (χ1n) is 5.02. The minimum Gasteiger partial charge on any atom is -0.480 e. The second-order valence-electron chi connectivity index (χ2n) is 3.50. The van der Waals surface area contributed by atoms with E-state index in [-0.39, 0.29) is 17.1 Å². The number of benzene rings is 1. The molecule has 1 amide bonds. The highest BCUT2D eigenvalue weighted by molar-refractivity contribution is 6.30. The summed E-state index contributed by atoms with van der Waals surface area (Å²) in [6.07, 6.45) is 1.40. The average Bonchev–Trinajstić information content (AvgIpc) is 2.31. The molecule has 0 heterocycles. The molecule has 4 nitrogen and oxygen atoms in total. The Kier molecular flexibility index (Phi) is 4.85. The molecule has 0 unspecified atom stereocenters. The first-order valence-corrected chi connectivity index (χ1v) is 5.40. The smallest absolute Gasteiger partial charge is 0.323 e. The Morgan fingerprint density at radius 3 is 2.67 bits per heavy atom. The second-order valence-corrected chi connectivity index (χ2v) is 3.90. The van der Waals surface area contributed by atoms with Crippen LogP contribution in [-0.4, -0.2) is 35.0 Å². The van der Waals surface area contributed by atoms with Crippen LogP contribution in [0.1, 0.15) is 10.4 Å². The molecule has 0 aliphatic heterocycles. The Bertz CT molecular complexity index is 490. The lowest BCUT2D eigenvalue weighted by Gasteiger charge is -2.18. The molecular weight excluding hydrogens is 261 g/mol. The third kappa shape index (κ3) is 3.56. The van der Waals surface area contributed by atoms with E-state index in [2.05, 4.69) is 6.58 Å². The van der Waals surface area contributed by atoms with Crippen molar-refractivity contribution >= 4 is 23.5 Å². The highest BCUT2D eigenvalue weighted by atomic mass is 35.5. The third-order valence-electron chi connectivity index (χ3n) is 2.13. The van der Waals surface area contributed by atoms with Crippen LogP contribution in [0.25, 0.3) is 0 Å². The topological polar surface area (TPSA) is 57.6 Å². The number of carboxylic acid groups (broad SMARTS) is 1. The van der Waals surface area contributed by atoms with Crippen LogP contribution < -0.4 is 0 Å². The van der Waals surface area contributed by atoms with E-state index in [1.165, 1.54) is 18.2 Å². The fourth-order valence-corrected chi connectivity index (χ4v) is 1.47. The maximum Gasteiger partial charge on any atom is 0.323 e. The Labute approximate surface area is 108 Å². The summed E-state index contributed by atoms with van der Waals surface area (Å²) in [6.45, 7) is 3.02. The van der Waals surface area contributed by atoms with E-state index in [1.54, 1.807) is 0 Å². The van der Waals surface area contributed by atoms with E-state index in [1.807, 2.05) is 0 Å². The molecule has 0 saturated carbocycles. The van der Waals surface area contributed by atoms with Crippen molar-refractivity contribution in [3.05, 3.63) is 47.3 Å². The molecular formula is C12H11ClFNO3. The van der Waals surface area contributed by atoms with Crippen LogP contribution in [0.15, 0.2) is 30.9 Å². The predicted molar refractivity (Wildman–Crippen MR) is 65.1 cm³/mol. The van der Waals surface area contributed by atoms with Gasteiger partial charge in [-0.3, -0.25) is 9.59 Å². The van der Waals surface area contributed by atoms with Gasteiger partial charge in [-0.05, 0) is 18.2 Å². The molecule has 0 atom stereocenters. The summed E-state index contributed by atoms with van der Waals surface area (Å²) in [7, 11) is 0. The van der Waals surface area contributed by atoms with Crippen LogP contribution in [0.3, 0.4) is 0 Å². The van der Waals surface area contributed by atoms with Crippen LogP contribution in [0, 0.1) is 5.82 Å². The highest BCUT2D eigenvalue weighted by Crippen LogP contribution is 2.16. The van der Waals surface area contributed by atoms with E-state index >= 15 is 0 Å². The summed E-state index contributed by atoms with van der Waals surface area (Å²) in [5.74, 6) is -2.47. The van der Waals surface area contributed by atoms with Gasteiger partial charge in [-0.25, -0.2) is 4.39 Å². The van der Waals surface area contributed by atoms with Gasteiger partial charge in [-0.2, -0.15) is 0 Å². The van der Waals surface area contributed by atoms with Crippen molar-refractivity contribution < 1.29 is 19.1 Å². The molecule has 0 aliphatic rings. The molecule has 0 saturated heterocycles. The Morgan fingerprint density at radius 1 is 1.50 bits per heavy atom. The SMILES string of the molecule is C=CCN(CC(=O)O)C(=O)c1ccc(Cl)c(F)c1. The average molecular weight is 272 g/mol. The first kappa shape index (κ1) is 14.2. The lowest BCUT2D eigenvalue weighted by molar-refractivity contribution is -0.137. The zero-order valence-corrected chi connectivity index (χ0v) is 10.2. The fraction of sp³-hybridized carbons (Fsp3) is 0.167. The normalized spacial score (nSPS) is 9.89. The van der Waals surface area contributed by atoms with Gasteiger partial charge >= 0.3 is 5.97 Å². The quantitative estimate of drug-likeness (QED) is 0.835. The van der Waals surface area contributed by atoms with Crippen molar-refractivity contribution in [3.63, 3.8) is 0 Å². The second kappa shape index (κ2) is 6.16. The Morgan fingerprint density at radius 2 is 2.17 bits per heavy atom. The number of amides is 1. The molecule has 0 aromatic heterocycles. The largest absolute Gasteiger partial charge is 0.480 e. The maximum absolute atomic E-state index is 13.2. The van der Waals surface area contributed by atoms with Crippen molar-refractivity contribution in [3.8, 4) is 0 Å². The number of halogens is 2. The maximum atomic E-state index is 13.2. The molecule has 1 aromatic carbocycles. The highest BCUT2D eigenvalue weighted by Gasteiger charge is 2.18. The van der Waals surface area contributed by atoms with Crippen LogP contribution in [0.5, 0.6) is 0 Å². The number of carbonyl (C=O) groups is 2. The number of aliphatic carboxylic acids is 1. The van der Waals surface area contributed by atoms with Gasteiger partial charge in [0.1, 0.15) is 12.4 Å². The zero-order valence-electron chi connectivity index (χ0n) is 9.40. The van der Waals surface area contributed by atoms with Gasteiger partial charge in [0.25, 0.3) is 5.91 Å². The summed E-state index contributed by atoms with van der Waals surface area (Å²) < 4.78 is 13.2. The minimum atomic E-state index is -1.15. The van der Waals surface area contributed by atoms with E-state index in [4.69, 9.17) is 16.7 Å². The van der Waals surface area contributed by atoms with Crippen molar-refractivity contribution in [1.29, 1.82) is 0 Å². The number of nitrogens with zero attached hydrogens (tertiary/aromatic N) is 1. The van der Waals surface area contributed by atoms with Gasteiger partial charge in [0.15, 0.2) is 0 Å². The van der Waals surface area contributed by atoms with Crippen LogP contribution in [-0.2, 0) is 4.79 Å². The molecule has 0 fully saturated rings. The summed E-state index contributed by atoms with van der Waals surface area (Å²) in [6, 6.07) is 3.56. The van der Waals surface area contributed by atoms with Crippen molar-refractivity contribution in [1.82, 2.24) is 4.90 Å². The molecule has 0 aliphatic carbocycles. The van der Waals surface area contributed by atoms with Gasteiger partial charge < -0.3 is 10.0 Å². The first-order chi connectivity index (χ1) is 8.45. The third-order valence-corrected chi connectivity index (χ3v) is 2.44. The molecule has 1 rings (SSSR count). The molecule has 0 bridgehead atoms. The van der Waals surface area contributed by atoms with Crippen molar-refractivity contribution in [2.45, 2.75) is 0 Å². The number of carboxylic acids is 1. The van der Waals surface area contributed by atoms with E-state index < -0.39 is 24.2 Å². The number of hydrogen-bond acceptors (Lipinski definition) is 2. The van der Waals surface area contributed by atoms with Crippen LogP contribution in [0.2, 0.25) is 5.02 Å². The summed E-state index contributed by atoms with van der Waals surface area (Å²) in [5, 5.41) is 8.58. The molecule has 6 heteroatoms. The molecule has 18 heavy (non-hydrogen) atoms. The van der Waals surface area contributed by atoms with E-state index in [9.17, 15) is 14.0 Å². The zero-order chi connectivity index (χ0) is 13.7. The number of carbonyl (C=O) groups excluding carboxylic acids is 1. The molecule has 1 aromatic rings. The number of rotatable bonds is 5. The molecule has 96 valence electrons. The summed E-state index contributed by atoms with van der Waals surface area (Å²) >= 11 is 5.50. The number of hydrogen-bond donors (Lipinski definition) is 1. The molecule has 1 N–H and O–H groups in total. The Balaban J connectivity index is 2.97. The summed E-state index contributed by atoms with van der Waals surface area (Å²) in [5.41, 5.74) is 0.0417. The lowest BCUT2D eigenvalue weighted by Crippen LogP contribution is -2.35. The van der Waals surface area contributed by atoms with Gasteiger partial charge in [0.05, 0.1) is 5.02 Å². The monoisotopic (exact) mass is 271 g/mol. The predicted octanol–water partition coefficient (Wildman–Crippen LogP) is 2.19. The fourth-order valence-electron chi connectivity index (χ4n) is 1.35. The molecule has 0 spiro atoms. The standard InChI is InChI=1S/C12H11ClFNO3/c1-2-5-15(7-11(16)17)12(18)8-3-4-9(13)10(14)6-8/h2-4,6H,1,5,7H2,(H,16,17).